The molecule has 0 radical (unpaired) electrons. The van der Waals surface area contributed by atoms with Crippen molar-refractivity contribution >= 4 is 11.6 Å². The fourth-order valence-electron chi connectivity index (χ4n) is 1.71. The van der Waals surface area contributed by atoms with Crippen LogP contribution >= 0.6 is 0 Å². The number of methoxy groups -OCH3 is 2. The first-order chi connectivity index (χ1) is 11.0. The molecular formula is C16H22N4O3. The number of hydrogen-bond acceptors (Lipinski definition) is 6. The number of ether oxygens (including phenoxy) is 2. The molecule has 7 nitrogen and oxygen atoms in total. The smallest absolute Gasteiger partial charge is 0.267 e. The minimum atomic E-state index is -0.517. The van der Waals surface area contributed by atoms with Crippen molar-refractivity contribution < 1.29 is 14.3 Å². The second-order valence-electron chi connectivity index (χ2n) is 4.95. The lowest BCUT2D eigenvalue weighted by Gasteiger charge is -2.12. The molecule has 0 spiro atoms. The molecule has 0 unspecified atom stereocenters. The van der Waals surface area contributed by atoms with Crippen molar-refractivity contribution in [3.05, 3.63) is 30.0 Å². The van der Waals surface area contributed by atoms with Crippen LogP contribution in [0.25, 0.3) is 0 Å². The Hall–Kier alpha value is -2.72. The number of carbonyl (C=O) groups is 1. The second-order valence-corrected chi connectivity index (χ2v) is 4.95. The van der Waals surface area contributed by atoms with Gasteiger partial charge in [0.2, 0.25) is 0 Å². The highest BCUT2D eigenvalue weighted by Gasteiger charge is 2.13. The third-order valence-electron chi connectivity index (χ3n) is 2.97. The van der Waals surface area contributed by atoms with E-state index >= 15 is 0 Å². The van der Waals surface area contributed by atoms with Gasteiger partial charge in [-0.15, -0.1) is 0 Å². The number of carbonyl (C=O) groups excluding carboxylic acids is 1. The number of anilines is 1. The molecule has 0 saturated carbocycles. The van der Waals surface area contributed by atoms with E-state index in [4.69, 9.17) is 14.7 Å². The van der Waals surface area contributed by atoms with Gasteiger partial charge in [0.25, 0.3) is 5.91 Å². The number of hydrogen-bond donors (Lipinski definition) is 2. The lowest BCUT2D eigenvalue weighted by molar-refractivity contribution is -0.112. The molecule has 7 heteroatoms. The van der Waals surface area contributed by atoms with Gasteiger partial charge in [0, 0.05) is 25.4 Å². The third kappa shape index (κ3) is 5.88. The normalized spacial score (nSPS) is 10.9. The molecule has 0 aliphatic heterocycles. The van der Waals surface area contributed by atoms with Gasteiger partial charge in [0.1, 0.15) is 23.1 Å². The summed E-state index contributed by atoms with van der Waals surface area (Å²) in [6, 6.07) is 6.91. The molecule has 0 atom stereocenters. The van der Waals surface area contributed by atoms with Gasteiger partial charge < -0.3 is 25.0 Å². The largest absolute Gasteiger partial charge is 0.497 e. The van der Waals surface area contributed by atoms with Crippen molar-refractivity contribution in [2.75, 3.05) is 46.7 Å². The summed E-state index contributed by atoms with van der Waals surface area (Å²) in [4.78, 5) is 14.2. The average Bonchev–Trinajstić information content (AvgIpc) is 2.54. The van der Waals surface area contributed by atoms with E-state index in [1.807, 2.05) is 25.1 Å². The Morgan fingerprint density at radius 1 is 1.35 bits per heavy atom. The number of nitrogens with one attached hydrogen (secondary N) is 2. The van der Waals surface area contributed by atoms with Gasteiger partial charge in [-0.2, -0.15) is 5.26 Å². The van der Waals surface area contributed by atoms with Crippen LogP contribution in [0.2, 0.25) is 0 Å². The Kier molecular flexibility index (Phi) is 7.43. The molecule has 1 rings (SSSR count). The van der Waals surface area contributed by atoms with Gasteiger partial charge in [0.15, 0.2) is 0 Å². The van der Waals surface area contributed by atoms with Crippen molar-refractivity contribution in [1.29, 1.82) is 5.26 Å². The van der Waals surface area contributed by atoms with Crippen LogP contribution in [0.1, 0.15) is 0 Å². The van der Waals surface area contributed by atoms with E-state index in [1.165, 1.54) is 20.4 Å². The summed E-state index contributed by atoms with van der Waals surface area (Å²) in [6.07, 6.45) is 1.41. The molecule has 0 saturated heterocycles. The molecule has 0 heterocycles. The quantitative estimate of drug-likeness (QED) is 0.425. The maximum Gasteiger partial charge on any atom is 0.267 e. The van der Waals surface area contributed by atoms with Crippen molar-refractivity contribution in [3.63, 3.8) is 0 Å². The molecule has 0 aliphatic carbocycles. The number of rotatable bonds is 8. The SMILES string of the molecule is COc1ccc(OC)c(NC(=O)/C(C#N)=C\NCCN(C)C)c1. The van der Waals surface area contributed by atoms with Crippen LogP contribution in [0.5, 0.6) is 11.5 Å². The van der Waals surface area contributed by atoms with Crippen LogP contribution < -0.4 is 20.1 Å². The summed E-state index contributed by atoms with van der Waals surface area (Å²) in [6.45, 7) is 1.43. The Labute approximate surface area is 136 Å². The zero-order valence-electron chi connectivity index (χ0n) is 13.8. The van der Waals surface area contributed by atoms with E-state index in [-0.39, 0.29) is 5.57 Å². The van der Waals surface area contributed by atoms with Crippen LogP contribution in [-0.2, 0) is 4.79 Å². The van der Waals surface area contributed by atoms with Gasteiger partial charge in [-0.1, -0.05) is 0 Å². The first-order valence-electron chi connectivity index (χ1n) is 7.03. The summed E-state index contributed by atoms with van der Waals surface area (Å²) in [5.74, 6) is 0.543. The van der Waals surface area contributed by atoms with E-state index in [9.17, 15) is 4.79 Å². The highest BCUT2D eigenvalue weighted by Crippen LogP contribution is 2.29. The predicted molar refractivity (Wildman–Crippen MR) is 88.4 cm³/mol. The van der Waals surface area contributed by atoms with Crippen LogP contribution in [-0.4, -0.2) is 52.2 Å². The molecule has 1 aromatic rings. The fraction of sp³-hybridized carbons (Fsp3) is 0.375. The van der Waals surface area contributed by atoms with Crippen LogP contribution in [0.3, 0.4) is 0 Å². The molecule has 0 aromatic heterocycles. The van der Waals surface area contributed by atoms with Crippen LogP contribution in [0.4, 0.5) is 5.69 Å². The molecule has 0 bridgehead atoms. The van der Waals surface area contributed by atoms with Gasteiger partial charge in [-0.25, -0.2) is 0 Å². The molecule has 0 aliphatic rings. The monoisotopic (exact) mass is 318 g/mol. The zero-order chi connectivity index (χ0) is 17.2. The zero-order valence-corrected chi connectivity index (χ0v) is 13.8. The van der Waals surface area contributed by atoms with Gasteiger partial charge >= 0.3 is 0 Å². The van der Waals surface area contributed by atoms with Crippen molar-refractivity contribution in [2.45, 2.75) is 0 Å². The van der Waals surface area contributed by atoms with Crippen LogP contribution in [0, 0.1) is 11.3 Å². The molecular weight excluding hydrogens is 296 g/mol. The first-order valence-corrected chi connectivity index (χ1v) is 7.03. The summed E-state index contributed by atoms with van der Waals surface area (Å²) in [5, 5.41) is 14.7. The molecule has 0 fully saturated rings. The summed E-state index contributed by atoms with van der Waals surface area (Å²) >= 11 is 0. The molecule has 1 amide bonds. The summed E-state index contributed by atoms with van der Waals surface area (Å²) in [7, 11) is 6.92. The predicted octanol–water partition coefficient (Wildman–Crippen LogP) is 1.20. The Bertz CT molecular complexity index is 606. The lowest BCUT2D eigenvalue weighted by atomic mass is 10.2. The second kappa shape index (κ2) is 9.33. The number of nitrogens with zero attached hydrogens (tertiary/aromatic N) is 2. The number of benzene rings is 1. The maximum atomic E-state index is 12.2. The van der Waals surface area contributed by atoms with E-state index in [0.717, 1.165) is 6.54 Å². The Balaban J connectivity index is 2.80. The van der Waals surface area contributed by atoms with Crippen molar-refractivity contribution in [2.24, 2.45) is 0 Å². The minimum Gasteiger partial charge on any atom is -0.497 e. The standard InChI is InChI=1S/C16H22N4O3/c1-20(2)8-7-18-11-12(10-17)16(21)19-14-9-13(22-3)5-6-15(14)23-4/h5-6,9,11,18H,7-8H2,1-4H3,(H,19,21)/b12-11-. The lowest BCUT2D eigenvalue weighted by Crippen LogP contribution is -2.24. The Morgan fingerprint density at radius 3 is 2.65 bits per heavy atom. The van der Waals surface area contributed by atoms with E-state index in [1.54, 1.807) is 18.2 Å². The minimum absolute atomic E-state index is 0.0198. The van der Waals surface area contributed by atoms with Gasteiger partial charge in [-0.05, 0) is 26.2 Å². The number of likely N-dealkylation sites (N-methyl/N-ethyl adjacent to an activating group) is 1. The highest BCUT2D eigenvalue weighted by atomic mass is 16.5. The average molecular weight is 318 g/mol. The maximum absolute atomic E-state index is 12.2. The van der Waals surface area contributed by atoms with E-state index in [0.29, 0.717) is 23.7 Å². The molecule has 2 N–H and O–H groups in total. The highest BCUT2D eigenvalue weighted by molar-refractivity contribution is 6.07. The van der Waals surface area contributed by atoms with Crippen LogP contribution in [0.15, 0.2) is 30.0 Å². The Morgan fingerprint density at radius 2 is 2.09 bits per heavy atom. The van der Waals surface area contributed by atoms with E-state index < -0.39 is 5.91 Å². The summed E-state index contributed by atoms with van der Waals surface area (Å²) in [5.41, 5.74) is 0.417. The van der Waals surface area contributed by atoms with Gasteiger partial charge in [0.05, 0.1) is 19.9 Å². The molecule has 23 heavy (non-hydrogen) atoms. The first kappa shape index (κ1) is 18.3. The van der Waals surface area contributed by atoms with E-state index in [2.05, 4.69) is 10.6 Å². The number of nitriles is 1. The molecule has 124 valence electrons. The molecule has 1 aromatic carbocycles. The van der Waals surface area contributed by atoms with Crippen molar-refractivity contribution in [1.82, 2.24) is 10.2 Å². The topological polar surface area (TPSA) is 86.6 Å². The number of amides is 1. The van der Waals surface area contributed by atoms with Crippen molar-refractivity contribution in [3.8, 4) is 17.6 Å². The third-order valence-corrected chi connectivity index (χ3v) is 2.97. The fourth-order valence-corrected chi connectivity index (χ4v) is 1.71. The summed E-state index contributed by atoms with van der Waals surface area (Å²) < 4.78 is 10.3. The van der Waals surface area contributed by atoms with Gasteiger partial charge in [-0.3, -0.25) is 4.79 Å².